The van der Waals surface area contributed by atoms with Gasteiger partial charge >= 0.3 is 0 Å². The number of sulfonamides is 1. The highest BCUT2D eigenvalue weighted by atomic mass is 32.2. The van der Waals surface area contributed by atoms with Crippen LogP contribution >= 0.6 is 0 Å². The zero-order valence-electron chi connectivity index (χ0n) is 13.4. The molecule has 0 aliphatic rings. The van der Waals surface area contributed by atoms with Crippen molar-refractivity contribution in [2.45, 2.75) is 18.5 Å². The normalized spacial score (nSPS) is 11.8. The second-order valence-corrected chi connectivity index (χ2v) is 7.12. The second kappa shape index (κ2) is 6.54. The van der Waals surface area contributed by atoms with Crippen molar-refractivity contribution in [3.63, 3.8) is 0 Å². The molecular weight excluding hydrogens is 328 g/mol. The van der Waals surface area contributed by atoms with Crippen LogP contribution in [0, 0.1) is 6.92 Å². The Kier molecular flexibility index (Phi) is 4.45. The standard InChI is InChI=1S/C15H18N6O2S/c1-12-8-14(13-4-3-5-16-9-13)19-21(12)7-6-18-24(22,23)15-10-20(2)11-17-15/h3-5,8-11,18H,6-7H2,1-2H3. The van der Waals surface area contributed by atoms with Gasteiger partial charge in [-0.3, -0.25) is 9.67 Å². The summed E-state index contributed by atoms with van der Waals surface area (Å²) in [6.45, 7) is 2.59. The lowest BCUT2D eigenvalue weighted by atomic mass is 10.2. The van der Waals surface area contributed by atoms with E-state index in [1.807, 2.05) is 25.1 Å². The lowest BCUT2D eigenvalue weighted by Crippen LogP contribution is -2.28. The molecule has 126 valence electrons. The first-order valence-electron chi connectivity index (χ1n) is 7.38. The fourth-order valence-electron chi connectivity index (χ4n) is 2.28. The molecule has 0 atom stereocenters. The van der Waals surface area contributed by atoms with Crippen molar-refractivity contribution in [2.24, 2.45) is 7.05 Å². The van der Waals surface area contributed by atoms with E-state index in [-0.39, 0.29) is 11.6 Å². The van der Waals surface area contributed by atoms with Gasteiger partial charge in [-0.15, -0.1) is 0 Å². The average molecular weight is 346 g/mol. The first-order chi connectivity index (χ1) is 11.5. The Bertz CT molecular complexity index is 930. The van der Waals surface area contributed by atoms with Crippen LogP contribution in [0.2, 0.25) is 0 Å². The number of aromatic nitrogens is 5. The summed E-state index contributed by atoms with van der Waals surface area (Å²) in [4.78, 5) is 7.94. The quantitative estimate of drug-likeness (QED) is 0.717. The summed E-state index contributed by atoms with van der Waals surface area (Å²) in [7, 11) is -1.88. The third kappa shape index (κ3) is 3.52. The highest BCUT2D eigenvalue weighted by Crippen LogP contribution is 2.17. The topological polar surface area (TPSA) is 94.7 Å². The number of hydrogen-bond donors (Lipinski definition) is 1. The fourth-order valence-corrected chi connectivity index (χ4v) is 3.28. The van der Waals surface area contributed by atoms with Crippen molar-refractivity contribution in [3.05, 3.63) is 48.8 Å². The van der Waals surface area contributed by atoms with Gasteiger partial charge in [0, 0.05) is 43.4 Å². The molecule has 0 aliphatic heterocycles. The number of nitrogens with one attached hydrogen (secondary N) is 1. The van der Waals surface area contributed by atoms with Crippen LogP contribution in [0.25, 0.3) is 11.3 Å². The maximum Gasteiger partial charge on any atom is 0.259 e. The molecule has 0 amide bonds. The molecule has 0 fully saturated rings. The number of rotatable bonds is 6. The molecule has 1 N–H and O–H groups in total. The third-order valence-electron chi connectivity index (χ3n) is 3.51. The minimum Gasteiger partial charge on any atom is -0.339 e. The molecule has 0 bridgehead atoms. The molecule has 24 heavy (non-hydrogen) atoms. The van der Waals surface area contributed by atoms with Gasteiger partial charge in [0.25, 0.3) is 10.0 Å². The SMILES string of the molecule is Cc1cc(-c2cccnc2)nn1CCNS(=O)(=O)c1cn(C)cn1. The summed E-state index contributed by atoms with van der Waals surface area (Å²) in [5.41, 5.74) is 2.69. The first-order valence-corrected chi connectivity index (χ1v) is 8.86. The van der Waals surface area contributed by atoms with Crippen LogP contribution < -0.4 is 4.72 Å². The van der Waals surface area contributed by atoms with Crippen LogP contribution in [-0.2, 0) is 23.6 Å². The molecule has 0 saturated carbocycles. The van der Waals surface area contributed by atoms with Gasteiger partial charge in [-0.05, 0) is 25.1 Å². The Morgan fingerprint density at radius 1 is 1.33 bits per heavy atom. The van der Waals surface area contributed by atoms with Gasteiger partial charge < -0.3 is 4.57 Å². The van der Waals surface area contributed by atoms with E-state index in [1.54, 1.807) is 28.7 Å². The van der Waals surface area contributed by atoms with Gasteiger partial charge in [-0.2, -0.15) is 5.10 Å². The van der Waals surface area contributed by atoms with E-state index in [1.165, 1.54) is 12.5 Å². The molecule has 0 saturated heterocycles. The highest BCUT2D eigenvalue weighted by Gasteiger charge is 2.16. The smallest absolute Gasteiger partial charge is 0.259 e. The molecule has 0 aromatic carbocycles. The Labute approximate surface area is 140 Å². The van der Waals surface area contributed by atoms with E-state index in [4.69, 9.17) is 0 Å². The van der Waals surface area contributed by atoms with Gasteiger partial charge in [0.1, 0.15) is 0 Å². The van der Waals surface area contributed by atoms with Gasteiger partial charge in [0.05, 0.1) is 18.6 Å². The minimum atomic E-state index is -3.60. The molecule has 3 aromatic heterocycles. The van der Waals surface area contributed by atoms with E-state index in [9.17, 15) is 8.42 Å². The number of aryl methyl sites for hydroxylation is 2. The third-order valence-corrected chi connectivity index (χ3v) is 4.86. The summed E-state index contributed by atoms with van der Waals surface area (Å²) in [6.07, 6.45) is 6.37. The average Bonchev–Trinajstić information content (AvgIpc) is 3.15. The van der Waals surface area contributed by atoms with Crippen molar-refractivity contribution < 1.29 is 8.42 Å². The molecule has 3 aromatic rings. The number of nitrogens with zero attached hydrogens (tertiary/aromatic N) is 5. The lowest BCUT2D eigenvalue weighted by Gasteiger charge is -2.06. The van der Waals surface area contributed by atoms with Gasteiger partial charge in [0.2, 0.25) is 0 Å². The molecule has 0 unspecified atom stereocenters. The summed E-state index contributed by atoms with van der Waals surface area (Å²) in [5.74, 6) is 0. The van der Waals surface area contributed by atoms with Crippen LogP contribution in [0.3, 0.4) is 0 Å². The Morgan fingerprint density at radius 2 is 2.17 bits per heavy atom. The maximum atomic E-state index is 12.1. The number of hydrogen-bond acceptors (Lipinski definition) is 5. The number of pyridine rings is 1. The Balaban J connectivity index is 1.66. The van der Waals surface area contributed by atoms with Gasteiger partial charge in [-0.25, -0.2) is 18.1 Å². The van der Waals surface area contributed by atoms with Crippen molar-refractivity contribution in [1.29, 1.82) is 0 Å². The van der Waals surface area contributed by atoms with Gasteiger partial charge in [-0.1, -0.05) is 0 Å². The van der Waals surface area contributed by atoms with Crippen molar-refractivity contribution in [3.8, 4) is 11.3 Å². The molecule has 3 heterocycles. The summed E-state index contributed by atoms with van der Waals surface area (Å²) < 4.78 is 30.1. The maximum absolute atomic E-state index is 12.1. The van der Waals surface area contributed by atoms with Crippen LogP contribution in [-0.4, -0.2) is 39.3 Å². The fraction of sp³-hybridized carbons (Fsp3) is 0.267. The monoisotopic (exact) mass is 346 g/mol. The van der Waals surface area contributed by atoms with E-state index in [2.05, 4.69) is 19.8 Å². The van der Waals surface area contributed by atoms with Gasteiger partial charge in [0.15, 0.2) is 5.03 Å². The zero-order chi connectivity index (χ0) is 17.2. The van der Waals surface area contributed by atoms with Crippen molar-refractivity contribution >= 4 is 10.0 Å². The van der Waals surface area contributed by atoms with E-state index in [0.29, 0.717) is 6.54 Å². The molecular formula is C15H18N6O2S. The highest BCUT2D eigenvalue weighted by molar-refractivity contribution is 7.89. The Morgan fingerprint density at radius 3 is 2.83 bits per heavy atom. The van der Waals surface area contributed by atoms with Crippen molar-refractivity contribution in [1.82, 2.24) is 29.0 Å². The molecule has 0 aliphatic carbocycles. The summed E-state index contributed by atoms with van der Waals surface area (Å²) in [6, 6.07) is 5.73. The van der Waals surface area contributed by atoms with Crippen LogP contribution in [0.5, 0.6) is 0 Å². The largest absolute Gasteiger partial charge is 0.339 e. The molecule has 0 spiro atoms. The van der Waals surface area contributed by atoms with Crippen LogP contribution in [0.1, 0.15) is 5.69 Å². The molecule has 0 radical (unpaired) electrons. The molecule has 9 heteroatoms. The second-order valence-electron chi connectivity index (χ2n) is 5.41. The summed E-state index contributed by atoms with van der Waals surface area (Å²) >= 11 is 0. The molecule has 3 rings (SSSR count). The van der Waals surface area contributed by atoms with Crippen LogP contribution in [0.4, 0.5) is 0 Å². The minimum absolute atomic E-state index is 0.0123. The molecule has 8 nitrogen and oxygen atoms in total. The van der Waals surface area contributed by atoms with Crippen LogP contribution in [0.15, 0.2) is 48.1 Å². The predicted molar refractivity (Wildman–Crippen MR) is 88.6 cm³/mol. The Hall–Kier alpha value is -2.52. The van der Waals surface area contributed by atoms with E-state index >= 15 is 0 Å². The summed E-state index contributed by atoms with van der Waals surface area (Å²) in [5, 5.41) is 4.51. The van der Waals surface area contributed by atoms with E-state index in [0.717, 1.165) is 17.0 Å². The van der Waals surface area contributed by atoms with Crippen molar-refractivity contribution in [2.75, 3.05) is 6.54 Å². The number of imidazole rings is 1. The lowest BCUT2D eigenvalue weighted by molar-refractivity contribution is 0.554. The zero-order valence-corrected chi connectivity index (χ0v) is 14.2. The van der Waals surface area contributed by atoms with E-state index < -0.39 is 10.0 Å². The predicted octanol–water partition coefficient (Wildman–Crippen LogP) is 0.966. The first kappa shape index (κ1) is 16.3.